The van der Waals surface area contributed by atoms with Crippen LogP contribution >= 0.6 is 0 Å². The fourth-order valence-electron chi connectivity index (χ4n) is 11.4. The molecule has 0 aliphatic carbocycles. The molecule has 0 aliphatic rings. The summed E-state index contributed by atoms with van der Waals surface area (Å²) in [7, 11) is 0. The number of alkyl halides is 12. The van der Waals surface area contributed by atoms with Gasteiger partial charge in [-0.05, 0) is 119 Å². The van der Waals surface area contributed by atoms with Gasteiger partial charge >= 0.3 is 24.7 Å². The number of halogens is 12. The first-order valence-corrected chi connectivity index (χ1v) is 26.5. The molecule has 17 heteroatoms. The molecule has 0 saturated carbocycles. The molecule has 10 aromatic carbocycles. The number of aromatic nitrogens is 4. The van der Waals surface area contributed by atoms with E-state index in [9.17, 15) is 57.9 Å². The average molecular weight is 1160 g/mol. The second-order valence-electron chi connectivity index (χ2n) is 20.5. The molecule has 422 valence electrons. The van der Waals surface area contributed by atoms with E-state index in [0.717, 1.165) is 5.56 Å². The molecule has 13 aromatic rings. The molecule has 86 heavy (non-hydrogen) atoms. The normalized spacial score (nSPS) is 12.4. The van der Waals surface area contributed by atoms with Crippen molar-refractivity contribution in [2.75, 3.05) is 0 Å². The second kappa shape index (κ2) is 20.4. The predicted molar refractivity (Wildman–Crippen MR) is 308 cm³/mol. The van der Waals surface area contributed by atoms with Crippen LogP contribution in [0.5, 0.6) is 0 Å². The van der Waals surface area contributed by atoms with Crippen LogP contribution in [-0.2, 0) is 24.7 Å². The van der Waals surface area contributed by atoms with Gasteiger partial charge in [-0.2, -0.15) is 57.9 Å². The zero-order valence-electron chi connectivity index (χ0n) is 44.1. The molecule has 0 N–H and O–H groups in total. The average Bonchev–Trinajstić information content (AvgIpc) is 2.45. The van der Waals surface area contributed by atoms with E-state index < -0.39 is 47.0 Å². The van der Waals surface area contributed by atoms with Gasteiger partial charge in [0, 0.05) is 49.4 Å². The molecule has 0 atom stereocenters. The van der Waals surface area contributed by atoms with Crippen LogP contribution in [0, 0.1) is 11.3 Å². The van der Waals surface area contributed by atoms with E-state index in [1.807, 2.05) is 94.1 Å². The summed E-state index contributed by atoms with van der Waals surface area (Å²) in [5.41, 5.74) is 0.163. The summed E-state index contributed by atoms with van der Waals surface area (Å²) < 4.78 is 175. The molecule has 13 rings (SSSR count). The van der Waals surface area contributed by atoms with Crippen LogP contribution in [0.2, 0.25) is 0 Å². The van der Waals surface area contributed by atoms with Gasteiger partial charge in [-0.3, -0.25) is 0 Å². The third kappa shape index (κ3) is 9.72. The lowest BCUT2D eigenvalue weighted by Gasteiger charge is -2.23. The summed E-state index contributed by atoms with van der Waals surface area (Å²) in [6.07, 6.45) is -20.4. The van der Waals surface area contributed by atoms with E-state index in [2.05, 4.69) is 6.07 Å². The monoisotopic (exact) mass is 1160 g/mol. The molecule has 0 spiro atoms. The third-order valence-electron chi connectivity index (χ3n) is 15.2. The smallest absolute Gasteiger partial charge is 0.309 e. The number of nitriles is 1. The first-order valence-electron chi connectivity index (χ1n) is 26.5. The minimum atomic E-state index is -5.11. The van der Waals surface area contributed by atoms with Crippen LogP contribution in [0.15, 0.2) is 224 Å². The van der Waals surface area contributed by atoms with E-state index >= 15 is 0 Å². The zero-order valence-corrected chi connectivity index (χ0v) is 44.1. The van der Waals surface area contributed by atoms with Crippen molar-refractivity contribution in [1.82, 2.24) is 19.1 Å². The Morgan fingerprint density at radius 3 is 1.19 bits per heavy atom. The minimum absolute atomic E-state index is 0.0613. The molecular formula is C69H37F12N5. The quantitative estimate of drug-likeness (QED) is 0.142. The van der Waals surface area contributed by atoms with Gasteiger partial charge < -0.3 is 9.13 Å². The second-order valence-corrected chi connectivity index (χ2v) is 20.5. The predicted octanol–water partition coefficient (Wildman–Crippen LogP) is 20.6. The van der Waals surface area contributed by atoms with Gasteiger partial charge in [0.25, 0.3) is 0 Å². The first-order chi connectivity index (χ1) is 41.1. The maximum atomic E-state index is 14.3. The van der Waals surface area contributed by atoms with Crippen LogP contribution in [-0.4, -0.2) is 19.1 Å². The van der Waals surface area contributed by atoms with Gasteiger partial charge in [0.05, 0.1) is 78.7 Å². The molecule has 0 unspecified atom stereocenters. The van der Waals surface area contributed by atoms with Crippen molar-refractivity contribution in [3.8, 4) is 84.7 Å². The van der Waals surface area contributed by atoms with Gasteiger partial charge in [-0.1, -0.05) is 127 Å². The van der Waals surface area contributed by atoms with Crippen LogP contribution < -0.4 is 0 Å². The number of fused-ring (bicyclic) bond motifs is 6. The molecular weight excluding hydrogens is 1130 g/mol. The van der Waals surface area contributed by atoms with Crippen molar-refractivity contribution in [2.24, 2.45) is 0 Å². The largest absolute Gasteiger partial charge is 0.416 e. The number of rotatable bonds is 8. The Balaban J connectivity index is 1.12. The van der Waals surface area contributed by atoms with Crippen molar-refractivity contribution in [3.05, 3.63) is 252 Å². The van der Waals surface area contributed by atoms with Crippen molar-refractivity contribution < 1.29 is 52.7 Å². The molecule has 0 amide bonds. The summed E-state index contributed by atoms with van der Waals surface area (Å²) in [5, 5.41) is 13.5. The summed E-state index contributed by atoms with van der Waals surface area (Å²) in [5.74, 6) is 0.348. The Morgan fingerprint density at radius 1 is 0.314 bits per heavy atom. The highest BCUT2D eigenvalue weighted by atomic mass is 19.4. The van der Waals surface area contributed by atoms with Crippen molar-refractivity contribution in [1.29, 1.82) is 5.26 Å². The van der Waals surface area contributed by atoms with Gasteiger partial charge in [0.2, 0.25) is 0 Å². The Morgan fingerprint density at radius 2 is 0.721 bits per heavy atom. The van der Waals surface area contributed by atoms with E-state index in [1.165, 1.54) is 18.2 Å². The molecule has 5 nitrogen and oxygen atoms in total. The Hall–Kier alpha value is -10.5. The van der Waals surface area contributed by atoms with Crippen LogP contribution in [0.4, 0.5) is 52.7 Å². The summed E-state index contributed by atoms with van der Waals surface area (Å²) in [6, 6.07) is 59.7. The number of para-hydroxylation sites is 2. The maximum Gasteiger partial charge on any atom is 0.416 e. The number of nitrogens with zero attached hydrogens (tertiary/aromatic N) is 5. The van der Waals surface area contributed by atoms with Crippen LogP contribution in [0.1, 0.15) is 27.8 Å². The zero-order chi connectivity index (χ0) is 60.0. The molecule has 0 fully saturated rings. The molecule has 0 bridgehead atoms. The van der Waals surface area contributed by atoms with E-state index in [1.54, 1.807) is 84.9 Å². The highest BCUT2D eigenvalue weighted by Gasteiger charge is 2.39. The Kier molecular flexibility index (Phi) is 13.0. The van der Waals surface area contributed by atoms with Gasteiger partial charge in [0.15, 0.2) is 5.82 Å². The van der Waals surface area contributed by atoms with Gasteiger partial charge in [0.1, 0.15) is 0 Å². The van der Waals surface area contributed by atoms with Crippen molar-refractivity contribution in [2.45, 2.75) is 24.7 Å². The number of hydrogen-bond donors (Lipinski definition) is 0. The Labute approximate surface area is 480 Å². The lowest BCUT2D eigenvalue weighted by molar-refractivity contribution is -0.144. The summed E-state index contributed by atoms with van der Waals surface area (Å²) >= 11 is 0. The molecule has 0 radical (unpaired) electrons. The number of benzene rings is 10. The van der Waals surface area contributed by atoms with Crippen LogP contribution in [0.25, 0.3) is 122 Å². The SMILES string of the molecule is N#Cc1cccc(-n2c3ccccc3c3cc(-c4cc(C(F)(F)F)cc(C(F)(F)F)c4)ccc32)c1-c1c(-c2cc(-c3ccccc3)nc(-c3ccccc3)n2)cccc1-n1c2ccccc2c2cc(-c3cc(C(F)(F)F)cc(C(F)(F)F)c3)ccc21. The Bertz CT molecular complexity index is 4770. The third-order valence-corrected chi connectivity index (χ3v) is 15.2. The summed E-state index contributed by atoms with van der Waals surface area (Å²) in [4.78, 5) is 10.3. The summed E-state index contributed by atoms with van der Waals surface area (Å²) in [6.45, 7) is 0. The van der Waals surface area contributed by atoms with Crippen molar-refractivity contribution >= 4 is 43.6 Å². The van der Waals surface area contributed by atoms with Crippen LogP contribution in [0.3, 0.4) is 0 Å². The van der Waals surface area contributed by atoms with E-state index in [-0.39, 0.29) is 39.9 Å². The van der Waals surface area contributed by atoms with Gasteiger partial charge in [-0.25, -0.2) is 9.97 Å². The van der Waals surface area contributed by atoms with E-state index in [4.69, 9.17) is 9.97 Å². The standard InChI is InChI=1S/C69H37F12N5/c70-66(71,72)46-29-44(30-47(35-46)67(73,74)75)41-25-27-59-53(33-41)50-18-7-9-21-57(50)85(59)61-23-11-17-43(38-82)63(61)64-52(56-37-55(39-13-3-1-4-14-39)83-65(84-56)40-15-5-2-6-16-40)20-12-24-62(64)86-58-22-10-8-19-51(58)54-34-42(26-28-60(54)86)45-31-48(68(76,77)78)36-49(32-45)69(79,80)81/h1-37H. The van der Waals surface area contributed by atoms with E-state index in [0.29, 0.717) is 119 Å². The molecule has 0 aliphatic heterocycles. The lowest BCUT2D eigenvalue weighted by atomic mass is 9.90. The first kappa shape index (κ1) is 54.8. The fraction of sp³-hybridized carbons (Fsp3) is 0.0580. The minimum Gasteiger partial charge on any atom is -0.309 e. The number of hydrogen-bond acceptors (Lipinski definition) is 3. The maximum absolute atomic E-state index is 14.3. The molecule has 3 heterocycles. The fourth-order valence-corrected chi connectivity index (χ4v) is 11.4. The molecule has 3 aromatic heterocycles. The van der Waals surface area contributed by atoms with Crippen molar-refractivity contribution in [3.63, 3.8) is 0 Å². The molecule has 0 saturated heterocycles. The van der Waals surface area contributed by atoms with Gasteiger partial charge in [-0.15, -0.1) is 0 Å². The topological polar surface area (TPSA) is 59.4 Å². The highest BCUT2D eigenvalue weighted by molar-refractivity contribution is 6.13. The lowest BCUT2D eigenvalue weighted by Crippen LogP contribution is -2.11. The highest BCUT2D eigenvalue weighted by Crippen LogP contribution is 2.49.